The summed E-state index contributed by atoms with van der Waals surface area (Å²) >= 11 is 0. The third kappa shape index (κ3) is 6.78. The van der Waals surface area contributed by atoms with Gasteiger partial charge in [-0.2, -0.15) is 12.7 Å². The molecule has 15 heteroatoms. The molecule has 0 bridgehead atoms. The predicted octanol–water partition coefficient (Wildman–Crippen LogP) is 2.85. The first-order valence-corrected chi connectivity index (χ1v) is 22.2. The van der Waals surface area contributed by atoms with Crippen molar-refractivity contribution in [3.05, 3.63) is 12.7 Å². The summed E-state index contributed by atoms with van der Waals surface area (Å²) in [6.07, 6.45) is 7.30. The molecule has 3 saturated carbocycles. The molecule has 2 spiro atoms. The summed E-state index contributed by atoms with van der Waals surface area (Å²) in [5.74, 6) is -2.94. The summed E-state index contributed by atoms with van der Waals surface area (Å²) < 4.78 is 29.7. The lowest BCUT2D eigenvalue weighted by atomic mass is 9.73. The van der Waals surface area contributed by atoms with Crippen LogP contribution < -0.4 is 20.7 Å². The van der Waals surface area contributed by atoms with Gasteiger partial charge in [-0.3, -0.25) is 28.9 Å². The Morgan fingerprint density at radius 1 is 0.804 bits per heavy atom. The minimum absolute atomic E-state index is 0.0247. The van der Waals surface area contributed by atoms with Crippen LogP contribution in [0.15, 0.2) is 12.7 Å². The van der Waals surface area contributed by atoms with Gasteiger partial charge in [-0.1, -0.05) is 67.9 Å². The molecule has 0 radical (unpaired) electrons. The van der Waals surface area contributed by atoms with E-state index in [4.69, 9.17) is 0 Å². The Morgan fingerprint density at radius 3 is 1.86 bits per heavy atom. The quantitative estimate of drug-likeness (QED) is 0.218. The van der Waals surface area contributed by atoms with Crippen molar-refractivity contribution in [2.45, 2.75) is 156 Å². The molecule has 14 nitrogen and oxygen atoms in total. The number of nitrogens with one attached hydrogen (secondary N) is 4. The van der Waals surface area contributed by atoms with Gasteiger partial charge in [0.2, 0.25) is 23.6 Å². The first-order valence-electron chi connectivity index (χ1n) is 20.7. The Kier molecular flexibility index (Phi) is 10.7. The van der Waals surface area contributed by atoms with E-state index in [0.29, 0.717) is 45.3 Å². The molecule has 3 saturated heterocycles. The van der Waals surface area contributed by atoms with Gasteiger partial charge in [0.05, 0.1) is 6.04 Å². The molecule has 56 heavy (non-hydrogen) atoms. The normalized spacial score (nSPS) is 31.9. The zero-order valence-electron chi connectivity index (χ0n) is 35.3. The van der Waals surface area contributed by atoms with Crippen LogP contribution >= 0.6 is 0 Å². The Labute approximate surface area is 334 Å². The maximum atomic E-state index is 15.1. The lowest BCUT2D eigenvalue weighted by Gasteiger charge is -2.44. The van der Waals surface area contributed by atoms with Crippen molar-refractivity contribution >= 4 is 39.7 Å². The smallest absolute Gasteiger partial charge is 0.303 e. The average molecular weight is 802 g/mol. The van der Waals surface area contributed by atoms with Gasteiger partial charge in [-0.05, 0) is 80.5 Å². The Balaban J connectivity index is 1.27. The third-order valence-electron chi connectivity index (χ3n) is 14.9. The van der Waals surface area contributed by atoms with Gasteiger partial charge in [0, 0.05) is 43.6 Å². The average Bonchev–Trinajstić information content (AvgIpc) is 3.51. The summed E-state index contributed by atoms with van der Waals surface area (Å²) in [5, 5.41) is 8.99. The van der Waals surface area contributed by atoms with Crippen molar-refractivity contribution in [3.63, 3.8) is 0 Å². The van der Waals surface area contributed by atoms with Gasteiger partial charge in [-0.15, -0.1) is 6.58 Å². The molecular formula is C41H67N7O7S. The highest BCUT2D eigenvalue weighted by atomic mass is 32.2. The molecular weight excluding hydrogens is 735 g/mol. The molecule has 3 aliphatic carbocycles. The molecule has 4 N–H and O–H groups in total. The van der Waals surface area contributed by atoms with Crippen LogP contribution in [0.1, 0.15) is 121 Å². The molecule has 6 rings (SSSR count). The van der Waals surface area contributed by atoms with Gasteiger partial charge in [0.25, 0.3) is 5.91 Å². The molecule has 7 atom stereocenters. The second-order valence-corrected chi connectivity index (χ2v) is 22.3. The number of carbonyl (C=O) groups is 5. The minimum Gasteiger partial charge on any atom is -0.342 e. The van der Waals surface area contributed by atoms with E-state index in [1.54, 1.807) is 11.0 Å². The highest BCUT2D eigenvalue weighted by molar-refractivity contribution is 7.87. The van der Waals surface area contributed by atoms with Gasteiger partial charge in [0.1, 0.15) is 23.7 Å². The van der Waals surface area contributed by atoms with Gasteiger partial charge < -0.3 is 20.9 Å². The van der Waals surface area contributed by atoms with E-state index in [2.05, 4.69) is 46.0 Å². The highest BCUT2D eigenvalue weighted by Crippen LogP contribution is 2.88. The molecule has 0 aromatic rings. The fourth-order valence-electron chi connectivity index (χ4n) is 10.9. The highest BCUT2D eigenvalue weighted by Gasteiger charge is 2.85. The van der Waals surface area contributed by atoms with Crippen LogP contribution in [0.2, 0.25) is 0 Å². The summed E-state index contributed by atoms with van der Waals surface area (Å²) in [4.78, 5) is 75.1. The number of nitrogens with zero attached hydrogens (tertiary/aromatic N) is 3. The van der Waals surface area contributed by atoms with E-state index < -0.39 is 74.3 Å². The molecule has 6 aliphatic rings. The second kappa shape index (κ2) is 14.1. The van der Waals surface area contributed by atoms with Crippen LogP contribution in [0.25, 0.3) is 0 Å². The molecule has 6 fully saturated rings. The van der Waals surface area contributed by atoms with Crippen LogP contribution in [0.5, 0.6) is 0 Å². The summed E-state index contributed by atoms with van der Waals surface area (Å²) in [6.45, 7) is 25.3. The molecule has 0 aromatic carbocycles. The van der Waals surface area contributed by atoms with Gasteiger partial charge in [0.15, 0.2) is 0 Å². The first kappa shape index (κ1) is 42.6. The van der Waals surface area contributed by atoms with Crippen molar-refractivity contribution in [1.82, 2.24) is 34.8 Å². The van der Waals surface area contributed by atoms with Crippen molar-refractivity contribution in [3.8, 4) is 0 Å². The van der Waals surface area contributed by atoms with Crippen molar-refractivity contribution < 1.29 is 32.4 Å². The fraction of sp³-hybridized carbons (Fsp3) is 0.829. The molecule has 3 heterocycles. The van der Waals surface area contributed by atoms with Crippen LogP contribution in [0, 0.1) is 33.0 Å². The van der Waals surface area contributed by atoms with Gasteiger partial charge in [-0.25, -0.2) is 4.72 Å². The number of likely N-dealkylation sites (tertiary alicyclic amines) is 2. The topological polar surface area (TPSA) is 177 Å². The van der Waals surface area contributed by atoms with Crippen molar-refractivity contribution in [2.75, 3.05) is 26.2 Å². The Morgan fingerprint density at radius 2 is 1.41 bits per heavy atom. The third-order valence-corrected chi connectivity index (χ3v) is 16.4. The second-order valence-electron chi connectivity index (χ2n) is 20.6. The van der Waals surface area contributed by atoms with Crippen LogP contribution in [0.4, 0.5) is 0 Å². The number of hydrogen-bond donors (Lipinski definition) is 4. The lowest BCUT2D eigenvalue weighted by molar-refractivity contribution is -0.146. The fourth-order valence-corrected chi connectivity index (χ4v) is 12.1. The zero-order valence-corrected chi connectivity index (χ0v) is 36.2. The summed E-state index contributed by atoms with van der Waals surface area (Å²) in [7, 11) is -4.11. The SMILES string of the molecule is C=C[C@@H]1C[C@]1(NC(=O)[C@@H]1C[C@@]2(CN1C(=O)[C@@H](NC(=O)[C@@H](NC(=O)[C@H]1CCN1C(C)C)C(C)(C)C)C(C)(C)C)C(C)(C)C21CCC1)C(=O)NS(=O)(=O)N1CCCC1. The van der Waals surface area contributed by atoms with Crippen LogP contribution in [-0.4, -0.2) is 114 Å². The standard InChI is InChI=1S/C41H67N7O7S/c1-12-26-22-41(26,35(53)45-56(54,55)46-19-13-14-20-46)44-32(50)28-23-40(38(10,11)39(40)17-15-18-39)24-48(28)34(52)30(37(7,8)9)43-33(51)29(36(4,5)6)42-31(49)27-16-21-47(27)25(2)3/h12,25-30H,1,13-24H2,2-11H3,(H,42,49)(H,43,51)(H,44,50)(H,45,53)/t26-,27-,28+,29-,30-,40-,41-/m1/s1. The number of hydrogen-bond acceptors (Lipinski definition) is 8. The van der Waals surface area contributed by atoms with E-state index in [9.17, 15) is 27.6 Å². The lowest BCUT2D eigenvalue weighted by Crippen LogP contribution is -2.65. The van der Waals surface area contributed by atoms with E-state index in [0.717, 1.165) is 25.8 Å². The van der Waals surface area contributed by atoms with Crippen molar-refractivity contribution in [1.29, 1.82) is 0 Å². The minimum atomic E-state index is -4.11. The number of carbonyl (C=O) groups excluding carboxylic acids is 5. The Hall–Kier alpha value is -3.04. The van der Waals surface area contributed by atoms with E-state index in [1.165, 1.54) is 4.31 Å². The molecule has 3 aliphatic heterocycles. The largest absolute Gasteiger partial charge is 0.342 e. The number of rotatable bonds is 12. The monoisotopic (exact) mass is 801 g/mol. The van der Waals surface area contributed by atoms with E-state index in [-0.39, 0.29) is 40.7 Å². The molecule has 314 valence electrons. The maximum Gasteiger partial charge on any atom is 0.303 e. The number of fused-ring (bicyclic) bond motifs is 1. The molecule has 5 amide bonds. The van der Waals surface area contributed by atoms with Crippen LogP contribution in [0.3, 0.4) is 0 Å². The van der Waals surface area contributed by atoms with E-state index >= 15 is 4.79 Å². The summed E-state index contributed by atoms with van der Waals surface area (Å²) in [5.41, 5.74) is -3.52. The predicted molar refractivity (Wildman–Crippen MR) is 213 cm³/mol. The molecule has 0 aromatic heterocycles. The first-order chi connectivity index (χ1) is 25.8. The zero-order chi connectivity index (χ0) is 41.6. The maximum absolute atomic E-state index is 15.1. The summed E-state index contributed by atoms with van der Waals surface area (Å²) in [6, 6.07) is -3.10. The van der Waals surface area contributed by atoms with Crippen LogP contribution in [-0.2, 0) is 34.2 Å². The van der Waals surface area contributed by atoms with E-state index in [1.807, 2.05) is 55.4 Å². The van der Waals surface area contributed by atoms with Gasteiger partial charge >= 0.3 is 10.2 Å². The molecule has 0 unspecified atom stereocenters. The Bertz CT molecular complexity index is 1760. The van der Waals surface area contributed by atoms with Crippen molar-refractivity contribution in [2.24, 2.45) is 33.0 Å². The number of amides is 5.